The van der Waals surface area contributed by atoms with Crippen molar-refractivity contribution < 1.29 is 13.3 Å². The van der Waals surface area contributed by atoms with Crippen molar-refractivity contribution in [3.05, 3.63) is 46.9 Å². The Labute approximate surface area is 118 Å². The Morgan fingerprint density at radius 1 is 1.25 bits per heavy atom. The molecule has 0 atom stereocenters. The highest BCUT2D eigenvalue weighted by molar-refractivity contribution is 6.33. The largest absolute Gasteiger partial charge is 0.460 e. The second-order valence-electron chi connectivity index (χ2n) is 4.30. The summed E-state index contributed by atoms with van der Waals surface area (Å²) >= 11 is 6.06. The molecule has 0 spiro atoms. The van der Waals surface area contributed by atoms with Gasteiger partial charge in [0.1, 0.15) is 11.6 Å². The number of rotatable bonds is 2. The molecule has 20 heavy (non-hydrogen) atoms. The van der Waals surface area contributed by atoms with Gasteiger partial charge in [-0.25, -0.2) is 4.39 Å². The van der Waals surface area contributed by atoms with Gasteiger partial charge in [0.2, 0.25) is 5.88 Å². The summed E-state index contributed by atoms with van der Waals surface area (Å²) in [6.07, 6.45) is 0. The van der Waals surface area contributed by atoms with E-state index in [9.17, 15) is 4.39 Å². The Bertz CT molecular complexity index is 779. The highest BCUT2D eigenvalue weighted by atomic mass is 35.5. The van der Waals surface area contributed by atoms with Gasteiger partial charge < -0.3 is 14.7 Å². The zero-order valence-corrected chi connectivity index (χ0v) is 11.2. The Hall–Kier alpha value is -2.27. The van der Waals surface area contributed by atoms with E-state index in [-0.39, 0.29) is 10.9 Å². The lowest BCUT2D eigenvalue weighted by Crippen LogP contribution is -1.89. The second-order valence-corrected chi connectivity index (χ2v) is 4.71. The number of hydrogen-bond donors (Lipinski definition) is 1. The van der Waals surface area contributed by atoms with Crippen molar-refractivity contribution in [2.75, 3.05) is 5.73 Å². The predicted molar refractivity (Wildman–Crippen MR) is 73.8 cm³/mol. The third-order valence-electron chi connectivity index (χ3n) is 2.89. The van der Waals surface area contributed by atoms with E-state index in [1.165, 1.54) is 18.2 Å². The van der Waals surface area contributed by atoms with Crippen LogP contribution in [0.15, 0.2) is 39.3 Å². The first-order chi connectivity index (χ1) is 9.56. The van der Waals surface area contributed by atoms with E-state index in [2.05, 4.69) is 5.16 Å². The molecule has 2 N–H and O–H groups in total. The maximum atomic E-state index is 13.1. The highest BCUT2D eigenvalue weighted by Gasteiger charge is 2.21. The van der Waals surface area contributed by atoms with E-state index in [4.69, 9.17) is 26.3 Å². The third kappa shape index (κ3) is 2.06. The van der Waals surface area contributed by atoms with Crippen LogP contribution in [-0.4, -0.2) is 5.16 Å². The van der Waals surface area contributed by atoms with Gasteiger partial charge in [0, 0.05) is 5.56 Å². The monoisotopic (exact) mass is 292 g/mol. The van der Waals surface area contributed by atoms with E-state index in [1.54, 1.807) is 12.1 Å². The van der Waals surface area contributed by atoms with Crippen LogP contribution < -0.4 is 5.73 Å². The number of benzene rings is 1. The molecule has 3 rings (SSSR count). The van der Waals surface area contributed by atoms with E-state index < -0.39 is 5.82 Å². The van der Waals surface area contributed by atoms with Crippen LogP contribution in [0, 0.1) is 12.7 Å². The van der Waals surface area contributed by atoms with Crippen molar-refractivity contribution in [3.63, 3.8) is 0 Å². The van der Waals surface area contributed by atoms with Crippen LogP contribution in [0.3, 0.4) is 0 Å². The van der Waals surface area contributed by atoms with Gasteiger partial charge in [-0.1, -0.05) is 16.8 Å². The number of nitrogens with two attached hydrogens (primary N) is 1. The van der Waals surface area contributed by atoms with Crippen molar-refractivity contribution in [1.29, 1.82) is 0 Å². The standard InChI is InChI=1S/C14H10ClFN2O2/c1-7-2-5-11(19-7)13-12(14(17)20-18-13)9-4-3-8(16)6-10(9)15/h2-6H,17H2,1H3. The molecule has 0 amide bonds. The summed E-state index contributed by atoms with van der Waals surface area (Å²) in [5, 5.41) is 4.12. The molecule has 0 bridgehead atoms. The van der Waals surface area contributed by atoms with Gasteiger partial charge >= 0.3 is 0 Å². The highest BCUT2D eigenvalue weighted by Crippen LogP contribution is 2.40. The molecule has 0 aliphatic rings. The summed E-state index contributed by atoms with van der Waals surface area (Å²) in [4.78, 5) is 0. The van der Waals surface area contributed by atoms with Crippen molar-refractivity contribution in [2.24, 2.45) is 0 Å². The van der Waals surface area contributed by atoms with Crippen molar-refractivity contribution >= 4 is 17.5 Å². The maximum absolute atomic E-state index is 13.1. The van der Waals surface area contributed by atoms with Gasteiger partial charge in [0.05, 0.1) is 10.6 Å². The number of nitrogen functional groups attached to an aromatic ring is 1. The molecule has 102 valence electrons. The first-order valence-electron chi connectivity index (χ1n) is 5.83. The molecule has 3 aromatic rings. The Morgan fingerprint density at radius 3 is 2.70 bits per heavy atom. The zero-order chi connectivity index (χ0) is 14.3. The number of furan rings is 1. The van der Waals surface area contributed by atoms with Gasteiger partial charge in [-0.3, -0.25) is 0 Å². The van der Waals surface area contributed by atoms with Gasteiger partial charge in [-0.05, 0) is 37.3 Å². The predicted octanol–water partition coefficient (Wildman–Crippen LogP) is 4.28. The summed E-state index contributed by atoms with van der Waals surface area (Å²) in [7, 11) is 0. The molecule has 2 heterocycles. The number of nitrogens with zero attached hydrogens (tertiary/aromatic N) is 1. The van der Waals surface area contributed by atoms with Crippen LogP contribution in [-0.2, 0) is 0 Å². The minimum Gasteiger partial charge on any atom is -0.460 e. The summed E-state index contributed by atoms with van der Waals surface area (Å²) in [5.74, 6) is 0.919. The molecular formula is C14H10ClFN2O2. The SMILES string of the molecule is Cc1ccc(-c2noc(N)c2-c2ccc(F)cc2Cl)o1. The molecule has 0 fully saturated rings. The van der Waals surface area contributed by atoms with Gasteiger partial charge in [-0.15, -0.1) is 0 Å². The van der Waals surface area contributed by atoms with Crippen molar-refractivity contribution in [3.8, 4) is 22.6 Å². The molecule has 6 heteroatoms. The lowest BCUT2D eigenvalue weighted by atomic mass is 10.0. The number of aromatic nitrogens is 1. The molecule has 0 unspecified atom stereocenters. The number of hydrogen-bond acceptors (Lipinski definition) is 4. The number of aryl methyl sites for hydroxylation is 1. The van der Waals surface area contributed by atoms with Crippen LogP contribution in [0.2, 0.25) is 5.02 Å². The van der Waals surface area contributed by atoms with Gasteiger partial charge in [-0.2, -0.15) is 0 Å². The van der Waals surface area contributed by atoms with E-state index in [1.807, 2.05) is 6.92 Å². The topological polar surface area (TPSA) is 65.2 Å². The number of anilines is 1. The van der Waals surface area contributed by atoms with E-state index in [0.717, 1.165) is 5.76 Å². The van der Waals surface area contributed by atoms with Gasteiger partial charge in [0.15, 0.2) is 11.5 Å². The molecule has 0 aliphatic carbocycles. The van der Waals surface area contributed by atoms with Crippen LogP contribution in [0.25, 0.3) is 22.6 Å². The normalized spacial score (nSPS) is 10.9. The Kier molecular flexibility index (Phi) is 2.99. The molecule has 0 aliphatic heterocycles. The van der Waals surface area contributed by atoms with Gasteiger partial charge in [0.25, 0.3) is 0 Å². The van der Waals surface area contributed by atoms with Crippen LogP contribution in [0.1, 0.15) is 5.76 Å². The quantitative estimate of drug-likeness (QED) is 0.765. The van der Waals surface area contributed by atoms with E-state index >= 15 is 0 Å². The molecular weight excluding hydrogens is 283 g/mol. The first-order valence-corrected chi connectivity index (χ1v) is 6.21. The van der Waals surface area contributed by atoms with Crippen molar-refractivity contribution in [1.82, 2.24) is 5.16 Å². The zero-order valence-electron chi connectivity index (χ0n) is 10.5. The minimum atomic E-state index is -0.427. The Morgan fingerprint density at radius 2 is 2.05 bits per heavy atom. The first kappa shape index (κ1) is 12.7. The fraction of sp³-hybridized carbons (Fsp3) is 0.0714. The Balaban J connectivity index is 2.21. The van der Waals surface area contributed by atoms with E-state index in [0.29, 0.717) is 22.6 Å². The number of halogens is 2. The van der Waals surface area contributed by atoms with Crippen LogP contribution in [0.5, 0.6) is 0 Å². The molecule has 2 aromatic heterocycles. The summed E-state index contributed by atoms with van der Waals surface area (Å²) < 4.78 is 23.7. The summed E-state index contributed by atoms with van der Waals surface area (Å²) in [6.45, 7) is 1.82. The third-order valence-corrected chi connectivity index (χ3v) is 3.21. The lowest BCUT2D eigenvalue weighted by Gasteiger charge is -2.04. The molecule has 4 nitrogen and oxygen atoms in total. The lowest BCUT2D eigenvalue weighted by molar-refractivity contribution is 0.435. The molecule has 0 saturated carbocycles. The fourth-order valence-corrected chi connectivity index (χ4v) is 2.25. The average molecular weight is 293 g/mol. The van der Waals surface area contributed by atoms with Crippen molar-refractivity contribution in [2.45, 2.75) is 6.92 Å². The summed E-state index contributed by atoms with van der Waals surface area (Å²) in [5.41, 5.74) is 7.26. The average Bonchev–Trinajstić information content (AvgIpc) is 2.96. The van der Waals surface area contributed by atoms with Crippen LogP contribution in [0.4, 0.5) is 10.3 Å². The van der Waals surface area contributed by atoms with Crippen LogP contribution >= 0.6 is 11.6 Å². The maximum Gasteiger partial charge on any atom is 0.230 e. The smallest absolute Gasteiger partial charge is 0.230 e. The molecule has 0 saturated heterocycles. The minimum absolute atomic E-state index is 0.0996. The molecule has 0 radical (unpaired) electrons. The molecule has 1 aromatic carbocycles. The fourth-order valence-electron chi connectivity index (χ4n) is 1.99. The summed E-state index contributed by atoms with van der Waals surface area (Å²) in [6, 6.07) is 7.59. The second kappa shape index (κ2) is 4.68.